The van der Waals surface area contributed by atoms with E-state index in [2.05, 4.69) is 0 Å². The summed E-state index contributed by atoms with van der Waals surface area (Å²) in [6, 6.07) is 17.7. The van der Waals surface area contributed by atoms with Gasteiger partial charge in [-0.15, -0.1) is 11.6 Å². The van der Waals surface area contributed by atoms with Crippen molar-refractivity contribution in [3.8, 4) is 11.1 Å². The van der Waals surface area contributed by atoms with Crippen LogP contribution in [0, 0.1) is 0 Å². The zero-order valence-corrected chi connectivity index (χ0v) is 12.2. The fourth-order valence-electron chi connectivity index (χ4n) is 1.88. The molecule has 0 N–H and O–H groups in total. The Morgan fingerprint density at radius 2 is 1.47 bits per heavy atom. The van der Waals surface area contributed by atoms with Crippen molar-refractivity contribution in [2.45, 2.75) is 5.38 Å². The van der Waals surface area contributed by atoms with Gasteiger partial charge in [0.15, 0.2) is 0 Å². The molecule has 0 aliphatic heterocycles. The zero-order valence-electron chi connectivity index (χ0n) is 10.6. The van der Waals surface area contributed by atoms with E-state index < -0.39 is 15.2 Å². The van der Waals surface area contributed by atoms with Crippen LogP contribution >= 0.6 is 11.6 Å². The Morgan fingerprint density at radius 1 is 0.947 bits per heavy atom. The van der Waals surface area contributed by atoms with Gasteiger partial charge in [0.25, 0.3) is 0 Å². The van der Waals surface area contributed by atoms with Gasteiger partial charge in [-0.1, -0.05) is 54.6 Å². The molecule has 19 heavy (non-hydrogen) atoms. The molecule has 0 radical (unpaired) electrons. The van der Waals surface area contributed by atoms with Crippen molar-refractivity contribution in [1.82, 2.24) is 0 Å². The van der Waals surface area contributed by atoms with Gasteiger partial charge >= 0.3 is 0 Å². The van der Waals surface area contributed by atoms with Gasteiger partial charge in [0.2, 0.25) is 0 Å². The first-order chi connectivity index (χ1) is 8.96. The first-order valence-corrected chi connectivity index (χ1v) is 8.42. The van der Waals surface area contributed by atoms with Crippen LogP contribution in [0.25, 0.3) is 11.1 Å². The fraction of sp³-hybridized carbons (Fsp3) is 0.200. The van der Waals surface area contributed by atoms with Crippen LogP contribution in [0.15, 0.2) is 54.6 Å². The Bertz CT molecular complexity index is 634. The third kappa shape index (κ3) is 4.08. The van der Waals surface area contributed by atoms with Crippen LogP contribution in [0.5, 0.6) is 0 Å². The number of alkyl halides is 1. The Balaban J connectivity index is 2.19. The maximum Gasteiger partial charge on any atom is 0.149 e. The molecule has 0 saturated heterocycles. The Hall–Kier alpha value is -1.32. The lowest BCUT2D eigenvalue weighted by atomic mass is 10.0. The van der Waals surface area contributed by atoms with E-state index in [0.29, 0.717) is 0 Å². The molecular formula is C15H15ClO2S. The lowest BCUT2D eigenvalue weighted by Crippen LogP contribution is -2.08. The summed E-state index contributed by atoms with van der Waals surface area (Å²) < 4.78 is 22.4. The Labute approximate surface area is 119 Å². The SMILES string of the molecule is CS(=O)(=O)CC(Cl)c1ccc(-c2ccccc2)cc1. The van der Waals surface area contributed by atoms with E-state index in [1.165, 1.54) is 6.26 Å². The Morgan fingerprint density at radius 3 is 2.00 bits per heavy atom. The molecule has 0 heterocycles. The van der Waals surface area contributed by atoms with Gasteiger partial charge in [-0.25, -0.2) is 8.42 Å². The number of benzene rings is 2. The van der Waals surface area contributed by atoms with E-state index in [4.69, 9.17) is 11.6 Å². The predicted molar refractivity (Wildman–Crippen MR) is 80.2 cm³/mol. The van der Waals surface area contributed by atoms with Crippen LogP contribution in [0.2, 0.25) is 0 Å². The molecule has 2 aromatic carbocycles. The summed E-state index contributed by atoms with van der Waals surface area (Å²) >= 11 is 6.11. The number of sulfone groups is 1. The van der Waals surface area contributed by atoms with Crippen LogP contribution in [0.3, 0.4) is 0 Å². The van der Waals surface area contributed by atoms with Crippen molar-refractivity contribution in [3.63, 3.8) is 0 Å². The van der Waals surface area contributed by atoms with Gasteiger partial charge in [0.05, 0.1) is 11.1 Å². The first kappa shape index (κ1) is 14.1. The maximum atomic E-state index is 11.2. The topological polar surface area (TPSA) is 34.1 Å². The largest absolute Gasteiger partial charge is 0.229 e. The second kappa shape index (κ2) is 5.76. The highest BCUT2D eigenvalue weighted by Crippen LogP contribution is 2.25. The summed E-state index contributed by atoms with van der Waals surface area (Å²) in [5.41, 5.74) is 3.04. The molecule has 2 nitrogen and oxygen atoms in total. The normalized spacial score (nSPS) is 13.2. The van der Waals surface area contributed by atoms with E-state index in [1.54, 1.807) is 0 Å². The van der Waals surface area contributed by atoms with E-state index in [0.717, 1.165) is 16.7 Å². The summed E-state index contributed by atoms with van der Waals surface area (Å²) in [5, 5.41) is -0.500. The number of hydrogen-bond acceptors (Lipinski definition) is 2. The minimum absolute atomic E-state index is 0.0424. The third-order valence-corrected chi connectivity index (χ3v) is 4.36. The van der Waals surface area contributed by atoms with Crippen molar-refractivity contribution in [1.29, 1.82) is 0 Å². The molecule has 2 rings (SSSR count). The molecule has 100 valence electrons. The zero-order chi connectivity index (χ0) is 13.9. The van der Waals surface area contributed by atoms with Gasteiger partial charge < -0.3 is 0 Å². The van der Waals surface area contributed by atoms with Crippen molar-refractivity contribution >= 4 is 21.4 Å². The average Bonchev–Trinajstić information content (AvgIpc) is 2.38. The number of hydrogen-bond donors (Lipinski definition) is 0. The summed E-state index contributed by atoms with van der Waals surface area (Å²) in [5.74, 6) is -0.0424. The highest BCUT2D eigenvalue weighted by Gasteiger charge is 2.14. The molecule has 0 fully saturated rings. The van der Waals surface area contributed by atoms with E-state index >= 15 is 0 Å². The maximum absolute atomic E-state index is 11.2. The van der Waals surface area contributed by atoms with Gasteiger partial charge in [-0.05, 0) is 16.7 Å². The molecule has 0 amide bonds. The molecule has 0 aromatic heterocycles. The molecule has 2 aromatic rings. The number of halogens is 1. The minimum Gasteiger partial charge on any atom is -0.229 e. The summed E-state index contributed by atoms with van der Waals surface area (Å²) in [6.45, 7) is 0. The second-order valence-electron chi connectivity index (χ2n) is 4.55. The van der Waals surface area contributed by atoms with Crippen molar-refractivity contribution < 1.29 is 8.42 Å². The van der Waals surface area contributed by atoms with Gasteiger partial charge in [-0.3, -0.25) is 0 Å². The quantitative estimate of drug-likeness (QED) is 0.806. The highest BCUT2D eigenvalue weighted by molar-refractivity contribution is 7.90. The summed E-state index contributed by atoms with van der Waals surface area (Å²) in [7, 11) is -3.07. The van der Waals surface area contributed by atoms with E-state index in [9.17, 15) is 8.42 Å². The van der Waals surface area contributed by atoms with Crippen molar-refractivity contribution in [3.05, 3.63) is 60.2 Å². The molecule has 1 atom stereocenters. The number of rotatable bonds is 4. The van der Waals surface area contributed by atoms with Crippen LogP contribution in [0.1, 0.15) is 10.9 Å². The molecule has 0 bridgehead atoms. The molecule has 0 spiro atoms. The van der Waals surface area contributed by atoms with Gasteiger partial charge in [0, 0.05) is 6.26 Å². The van der Waals surface area contributed by atoms with E-state index in [-0.39, 0.29) is 5.75 Å². The van der Waals surface area contributed by atoms with Crippen LogP contribution in [-0.4, -0.2) is 20.4 Å². The van der Waals surface area contributed by atoms with Crippen molar-refractivity contribution in [2.24, 2.45) is 0 Å². The van der Waals surface area contributed by atoms with Crippen LogP contribution < -0.4 is 0 Å². The van der Waals surface area contributed by atoms with Crippen LogP contribution in [-0.2, 0) is 9.84 Å². The fourth-order valence-corrected chi connectivity index (χ4v) is 3.43. The first-order valence-electron chi connectivity index (χ1n) is 5.93. The monoisotopic (exact) mass is 294 g/mol. The van der Waals surface area contributed by atoms with E-state index in [1.807, 2.05) is 54.6 Å². The molecule has 1 unspecified atom stereocenters. The standard InChI is InChI=1S/C15H15ClO2S/c1-19(17,18)11-15(16)14-9-7-13(8-10-14)12-5-3-2-4-6-12/h2-10,15H,11H2,1H3. The molecule has 0 saturated carbocycles. The molecule has 0 aliphatic carbocycles. The summed E-state index contributed by atoms with van der Waals surface area (Å²) in [4.78, 5) is 0. The molecule has 4 heteroatoms. The third-order valence-electron chi connectivity index (χ3n) is 2.83. The average molecular weight is 295 g/mol. The van der Waals surface area contributed by atoms with Crippen LogP contribution in [0.4, 0.5) is 0 Å². The predicted octanol–water partition coefficient (Wildman–Crippen LogP) is 3.68. The molecule has 0 aliphatic rings. The lowest BCUT2D eigenvalue weighted by molar-refractivity contribution is 0.600. The minimum atomic E-state index is -3.07. The second-order valence-corrected chi connectivity index (χ2v) is 7.26. The van der Waals surface area contributed by atoms with Gasteiger partial charge in [0.1, 0.15) is 9.84 Å². The molecular weight excluding hydrogens is 280 g/mol. The summed E-state index contributed by atoms with van der Waals surface area (Å²) in [6.07, 6.45) is 1.20. The highest BCUT2D eigenvalue weighted by atomic mass is 35.5. The lowest BCUT2D eigenvalue weighted by Gasteiger charge is -2.09. The Kier molecular flexibility index (Phi) is 4.27. The van der Waals surface area contributed by atoms with Gasteiger partial charge in [-0.2, -0.15) is 0 Å². The van der Waals surface area contributed by atoms with Crippen molar-refractivity contribution in [2.75, 3.05) is 12.0 Å². The smallest absolute Gasteiger partial charge is 0.149 e.